The molecule has 112 valence electrons. The van der Waals surface area contributed by atoms with Crippen LogP contribution < -0.4 is 15.5 Å². The zero-order valence-electron chi connectivity index (χ0n) is 12.4. The summed E-state index contributed by atoms with van der Waals surface area (Å²) in [5.74, 6) is 2.23. The molecule has 0 radical (unpaired) electrons. The summed E-state index contributed by atoms with van der Waals surface area (Å²) in [5.41, 5.74) is 6.90. The van der Waals surface area contributed by atoms with Crippen molar-refractivity contribution in [3.05, 3.63) is 6.33 Å². The van der Waals surface area contributed by atoms with E-state index in [2.05, 4.69) is 21.8 Å². The fraction of sp³-hybridized carbons (Fsp3) is 0.714. The molecule has 2 heterocycles. The first-order chi connectivity index (χ1) is 9.67. The summed E-state index contributed by atoms with van der Waals surface area (Å²) in [6.07, 6.45) is 4.01. The van der Waals surface area contributed by atoms with Crippen molar-refractivity contribution in [1.29, 1.82) is 0 Å². The maximum absolute atomic E-state index is 9.14. The number of hydrogen-bond donors (Lipinski definition) is 2. The van der Waals surface area contributed by atoms with Crippen molar-refractivity contribution >= 4 is 17.3 Å². The Balaban J connectivity index is 2.26. The predicted molar refractivity (Wildman–Crippen MR) is 82.0 cm³/mol. The Hall–Kier alpha value is -1.56. The first-order valence-electron chi connectivity index (χ1n) is 7.38. The Labute approximate surface area is 120 Å². The minimum atomic E-state index is 0.0906. The van der Waals surface area contributed by atoms with Gasteiger partial charge in [0.25, 0.3) is 0 Å². The molecule has 0 aromatic carbocycles. The van der Waals surface area contributed by atoms with Gasteiger partial charge < -0.3 is 20.6 Å². The number of hydrogen-bond acceptors (Lipinski definition) is 6. The third kappa shape index (κ3) is 3.12. The molecule has 3 N–H and O–H groups in total. The van der Waals surface area contributed by atoms with E-state index in [0.29, 0.717) is 18.2 Å². The molecule has 1 aliphatic rings. The summed E-state index contributed by atoms with van der Waals surface area (Å²) in [6, 6.07) is 0. The molecule has 0 aliphatic carbocycles. The minimum Gasteiger partial charge on any atom is -0.395 e. The molecule has 0 amide bonds. The molecule has 1 saturated heterocycles. The molecule has 0 spiro atoms. The van der Waals surface area contributed by atoms with Gasteiger partial charge in [0.15, 0.2) is 11.6 Å². The van der Waals surface area contributed by atoms with Crippen LogP contribution in [0.4, 0.5) is 17.3 Å². The summed E-state index contributed by atoms with van der Waals surface area (Å²) < 4.78 is 0. The van der Waals surface area contributed by atoms with Crippen molar-refractivity contribution in [2.24, 2.45) is 5.92 Å². The monoisotopic (exact) mass is 279 g/mol. The highest BCUT2D eigenvalue weighted by Crippen LogP contribution is 2.31. The molecule has 2 rings (SSSR count). The van der Waals surface area contributed by atoms with E-state index in [0.717, 1.165) is 31.3 Å². The lowest BCUT2D eigenvalue weighted by Crippen LogP contribution is -2.36. The fourth-order valence-corrected chi connectivity index (χ4v) is 2.80. The molecule has 1 aliphatic heterocycles. The quantitative estimate of drug-likeness (QED) is 0.841. The Morgan fingerprint density at radius 2 is 2.30 bits per heavy atom. The summed E-state index contributed by atoms with van der Waals surface area (Å²) in [4.78, 5) is 12.9. The highest BCUT2D eigenvalue weighted by atomic mass is 16.3. The lowest BCUT2D eigenvalue weighted by molar-refractivity contribution is 0.302. The standard InChI is InChI=1S/C14H25N5O/c1-3-18(7-8-20)13-12(15)14(17-10-16-13)19-6-4-5-11(2)9-19/h10-11,20H,3-9,15H2,1-2H3. The second-order valence-corrected chi connectivity index (χ2v) is 5.43. The Bertz CT molecular complexity index is 440. The molecule has 20 heavy (non-hydrogen) atoms. The van der Waals surface area contributed by atoms with Crippen LogP contribution in [0.5, 0.6) is 0 Å². The van der Waals surface area contributed by atoms with E-state index >= 15 is 0 Å². The minimum absolute atomic E-state index is 0.0906. The van der Waals surface area contributed by atoms with Gasteiger partial charge in [0.05, 0.1) is 6.61 Å². The van der Waals surface area contributed by atoms with Crippen molar-refractivity contribution in [1.82, 2.24) is 9.97 Å². The van der Waals surface area contributed by atoms with Crippen LogP contribution in [-0.2, 0) is 0 Å². The molecular formula is C14H25N5O. The van der Waals surface area contributed by atoms with Gasteiger partial charge in [0.1, 0.15) is 12.0 Å². The van der Waals surface area contributed by atoms with Crippen LogP contribution in [0.15, 0.2) is 6.33 Å². The highest BCUT2D eigenvalue weighted by molar-refractivity contribution is 5.75. The number of nitrogen functional groups attached to an aromatic ring is 1. The molecule has 0 bridgehead atoms. The summed E-state index contributed by atoms with van der Waals surface area (Å²) in [7, 11) is 0. The van der Waals surface area contributed by atoms with Gasteiger partial charge >= 0.3 is 0 Å². The van der Waals surface area contributed by atoms with Gasteiger partial charge in [0.2, 0.25) is 0 Å². The van der Waals surface area contributed by atoms with E-state index in [9.17, 15) is 0 Å². The van der Waals surface area contributed by atoms with E-state index in [1.807, 2.05) is 11.8 Å². The maximum atomic E-state index is 9.14. The van der Waals surface area contributed by atoms with Gasteiger partial charge in [0, 0.05) is 26.2 Å². The number of aliphatic hydroxyl groups excluding tert-OH is 1. The normalized spacial score (nSPS) is 19.1. The largest absolute Gasteiger partial charge is 0.395 e. The van der Waals surface area contributed by atoms with E-state index < -0.39 is 0 Å². The van der Waals surface area contributed by atoms with E-state index in [1.54, 1.807) is 6.33 Å². The van der Waals surface area contributed by atoms with Gasteiger partial charge in [-0.2, -0.15) is 0 Å². The predicted octanol–water partition coefficient (Wildman–Crippen LogP) is 1.11. The maximum Gasteiger partial charge on any atom is 0.157 e. The number of aromatic nitrogens is 2. The summed E-state index contributed by atoms with van der Waals surface area (Å²) in [5, 5.41) is 9.14. The highest BCUT2D eigenvalue weighted by Gasteiger charge is 2.22. The molecule has 1 fully saturated rings. The molecule has 6 heteroatoms. The summed E-state index contributed by atoms with van der Waals surface area (Å²) >= 11 is 0. The number of likely N-dealkylation sites (N-methyl/N-ethyl adjacent to an activating group) is 1. The molecule has 1 atom stereocenters. The van der Waals surface area contributed by atoms with Crippen molar-refractivity contribution in [2.75, 3.05) is 48.3 Å². The smallest absolute Gasteiger partial charge is 0.157 e. The van der Waals surface area contributed by atoms with Crippen LogP contribution in [0.1, 0.15) is 26.7 Å². The number of piperidine rings is 1. The Morgan fingerprint density at radius 3 is 2.95 bits per heavy atom. The van der Waals surface area contributed by atoms with E-state index in [4.69, 9.17) is 10.8 Å². The third-order valence-corrected chi connectivity index (χ3v) is 3.85. The van der Waals surface area contributed by atoms with Gasteiger partial charge in [-0.05, 0) is 25.7 Å². The van der Waals surface area contributed by atoms with Crippen molar-refractivity contribution < 1.29 is 5.11 Å². The molecule has 1 aromatic heterocycles. The first kappa shape index (κ1) is 14.8. The van der Waals surface area contributed by atoms with Gasteiger partial charge in [-0.25, -0.2) is 9.97 Å². The van der Waals surface area contributed by atoms with Crippen LogP contribution in [0.2, 0.25) is 0 Å². The number of rotatable bonds is 5. The summed E-state index contributed by atoms with van der Waals surface area (Å²) in [6.45, 7) is 7.66. The van der Waals surface area contributed by atoms with Crippen LogP contribution in [0.3, 0.4) is 0 Å². The number of anilines is 3. The van der Waals surface area contributed by atoms with Crippen LogP contribution >= 0.6 is 0 Å². The second-order valence-electron chi connectivity index (χ2n) is 5.43. The van der Waals surface area contributed by atoms with Crippen molar-refractivity contribution in [2.45, 2.75) is 26.7 Å². The first-order valence-corrected chi connectivity index (χ1v) is 7.38. The lowest BCUT2D eigenvalue weighted by atomic mass is 10.0. The molecule has 1 unspecified atom stereocenters. The zero-order valence-corrected chi connectivity index (χ0v) is 12.4. The molecule has 0 saturated carbocycles. The van der Waals surface area contributed by atoms with E-state index in [1.165, 1.54) is 12.8 Å². The molecular weight excluding hydrogens is 254 g/mol. The Kier molecular flexibility index (Phi) is 5.00. The van der Waals surface area contributed by atoms with Gasteiger partial charge in [-0.1, -0.05) is 6.92 Å². The molecule has 6 nitrogen and oxygen atoms in total. The second kappa shape index (κ2) is 6.74. The molecule has 1 aromatic rings. The number of nitrogens with zero attached hydrogens (tertiary/aromatic N) is 4. The fourth-order valence-electron chi connectivity index (χ4n) is 2.80. The van der Waals surface area contributed by atoms with Gasteiger partial charge in [-0.15, -0.1) is 0 Å². The lowest BCUT2D eigenvalue weighted by Gasteiger charge is -2.33. The number of aliphatic hydroxyl groups is 1. The van der Waals surface area contributed by atoms with E-state index in [-0.39, 0.29) is 6.61 Å². The van der Waals surface area contributed by atoms with Gasteiger partial charge in [-0.3, -0.25) is 0 Å². The third-order valence-electron chi connectivity index (χ3n) is 3.85. The van der Waals surface area contributed by atoms with Crippen LogP contribution in [-0.4, -0.2) is 47.9 Å². The number of nitrogens with two attached hydrogens (primary N) is 1. The van der Waals surface area contributed by atoms with Crippen molar-refractivity contribution in [3.8, 4) is 0 Å². The van der Waals surface area contributed by atoms with Crippen molar-refractivity contribution in [3.63, 3.8) is 0 Å². The SMILES string of the molecule is CCN(CCO)c1ncnc(N2CCCC(C)C2)c1N. The van der Waals surface area contributed by atoms with Crippen LogP contribution in [0.25, 0.3) is 0 Å². The zero-order chi connectivity index (χ0) is 14.5. The van der Waals surface area contributed by atoms with Crippen LogP contribution in [0, 0.1) is 5.92 Å². The Morgan fingerprint density at radius 1 is 1.50 bits per heavy atom. The average Bonchev–Trinajstić information content (AvgIpc) is 2.45. The topological polar surface area (TPSA) is 78.5 Å². The average molecular weight is 279 g/mol.